The molecule has 33 heavy (non-hydrogen) atoms. The topological polar surface area (TPSA) is 82.1 Å². The van der Waals surface area contributed by atoms with E-state index in [1.807, 2.05) is 44.2 Å². The van der Waals surface area contributed by atoms with E-state index in [-0.39, 0.29) is 23.0 Å². The number of carbonyl (C=O) groups excluding carboxylic acids is 1. The van der Waals surface area contributed by atoms with Gasteiger partial charge in [0.25, 0.3) is 0 Å². The molecule has 4 rings (SSSR count). The van der Waals surface area contributed by atoms with Crippen molar-refractivity contribution in [3.63, 3.8) is 0 Å². The lowest BCUT2D eigenvalue weighted by atomic mass is 9.78. The van der Waals surface area contributed by atoms with Crippen LogP contribution in [0.4, 0.5) is 0 Å². The first-order valence-electron chi connectivity index (χ1n) is 11.4. The molecule has 6 nitrogen and oxygen atoms in total. The Morgan fingerprint density at radius 2 is 1.73 bits per heavy atom. The van der Waals surface area contributed by atoms with Gasteiger partial charge in [-0.1, -0.05) is 32.0 Å². The summed E-state index contributed by atoms with van der Waals surface area (Å²) in [5, 5.41) is 9.27. The number of hydrogen-bond donors (Lipinski definition) is 1. The zero-order valence-corrected chi connectivity index (χ0v) is 19.8. The molecular weight excluding hydrogens is 420 g/mol. The molecule has 0 aliphatic heterocycles. The van der Waals surface area contributed by atoms with Crippen molar-refractivity contribution in [2.75, 3.05) is 20.8 Å². The molecule has 2 aliphatic carbocycles. The van der Waals surface area contributed by atoms with Gasteiger partial charge >= 0.3 is 5.97 Å². The Hall–Kier alpha value is -3.02. The first-order valence-corrected chi connectivity index (χ1v) is 11.4. The van der Waals surface area contributed by atoms with Crippen LogP contribution in [-0.2, 0) is 11.2 Å². The predicted molar refractivity (Wildman–Crippen MR) is 125 cm³/mol. The van der Waals surface area contributed by atoms with E-state index in [4.69, 9.17) is 14.2 Å². The van der Waals surface area contributed by atoms with Crippen LogP contribution in [0.5, 0.6) is 17.2 Å². The van der Waals surface area contributed by atoms with Crippen molar-refractivity contribution >= 4 is 11.8 Å². The largest absolute Gasteiger partial charge is 0.493 e. The Morgan fingerprint density at radius 1 is 1.00 bits per heavy atom. The van der Waals surface area contributed by atoms with Crippen LogP contribution < -0.4 is 14.2 Å². The average molecular weight is 453 g/mol. The van der Waals surface area contributed by atoms with Crippen molar-refractivity contribution < 1.29 is 28.9 Å². The highest BCUT2D eigenvalue weighted by molar-refractivity contribution is 6.02. The molecule has 0 spiro atoms. The number of benzene rings is 2. The molecular formula is C27H32O6. The first kappa shape index (κ1) is 23.1. The number of ketones is 1. The van der Waals surface area contributed by atoms with Gasteiger partial charge in [-0.15, -0.1) is 0 Å². The Morgan fingerprint density at radius 3 is 2.36 bits per heavy atom. The molecule has 0 bridgehead atoms. The molecule has 0 aromatic heterocycles. The summed E-state index contributed by atoms with van der Waals surface area (Å²) >= 11 is 0. The SMILES string of the molecule is COc1ccc(-c2cccc3c2CCC3=O)c(OCC2(CC(C)(C)CC(=O)O)CC2)c1OC. The summed E-state index contributed by atoms with van der Waals surface area (Å²) in [7, 11) is 3.19. The van der Waals surface area contributed by atoms with Crippen molar-refractivity contribution in [3.8, 4) is 28.4 Å². The van der Waals surface area contributed by atoms with Gasteiger partial charge < -0.3 is 19.3 Å². The second kappa shape index (κ2) is 8.73. The maximum Gasteiger partial charge on any atom is 0.303 e. The van der Waals surface area contributed by atoms with Gasteiger partial charge in [0, 0.05) is 23.0 Å². The molecule has 0 heterocycles. The molecule has 1 fully saturated rings. The van der Waals surface area contributed by atoms with Crippen LogP contribution in [0.25, 0.3) is 11.1 Å². The monoisotopic (exact) mass is 452 g/mol. The maximum atomic E-state index is 12.3. The Bertz CT molecular complexity index is 1080. The van der Waals surface area contributed by atoms with E-state index in [1.165, 1.54) is 0 Å². The molecule has 6 heteroatoms. The van der Waals surface area contributed by atoms with Crippen LogP contribution in [0.2, 0.25) is 0 Å². The molecule has 2 aromatic rings. The van der Waals surface area contributed by atoms with Gasteiger partial charge in [-0.05, 0) is 54.4 Å². The molecule has 0 atom stereocenters. The van der Waals surface area contributed by atoms with Gasteiger partial charge in [-0.25, -0.2) is 0 Å². The van der Waals surface area contributed by atoms with E-state index in [1.54, 1.807) is 14.2 Å². The van der Waals surface area contributed by atoms with E-state index in [9.17, 15) is 14.7 Å². The Balaban J connectivity index is 1.68. The minimum atomic E-state index is -0.777. The summed E-state index contributed by atoms with van der Waals surface area (Å²) in [5.74, 6) is 1.11. The summed E-state index contributed by atoms with van der Waals surface area (Å²) in [6.07, 6.45) is 4.17. The first-order chi connectivity index (χ1) is 15.7. The van der Waals surface area contributed by atoms with Gasteiger partial charge in [-0.3, -0.25) is 9.59 Å². The fourth-order valence-corrected chi connectivity index (χ4v) is 5.26. The Kier molecular flexibility index (Phi) is 6.12. The highest BCUT2D eigenvalue weighted by Crippen LogP contribution is 2.55. The zero-order valence-electron chi connectivity index (χ0n) is 19.8. The van der Waals surface area contributed by atoms with Gasteiger partial charge in [-0.2, -0.15) is 0 Å². The summed E-state index contributed by atoms with van der Waals surface area (Å²) in [6.45, 7) is 4.48. The van der Waals surface area contributed by atoms with Crippen LogP contribution >= 0.6 is 0 Å². The van der Waals surface area contributed by atoms with E-state index in [0.29, 0.717) is 36.7 Å². The van der Waals surface area contributed by atoms with Gasteiger partial charge in [0.1, 0.15) is 0 Å². The van der Waals surface area contributed by atoms with E-state index in [2.05, 4.69) is 0 Å². The standard InChI is InChI=1S/C27H32O6/c1-26(2,14-23(29)30)15-27(12-13-27)16-33-24-20(9-11-22(31-3)25(24)32-4)17-6-5-7-19-18(17)8-10-21(19)28/h5-7,9,11H,8,10,12-16H2,1-4H3,(H,29,30). The van der Waals surface area contributed by atoms with Crippen LogP contribution in [0, 0.1) is 10.8 Å². The molecule has 0 amide bonds. The number of fused-ring (bicyclic) bond motifs is 1. The fraction of sp³-hybridized carbons (Fsp3) is 0.481. The molecule has 0 saturated heterocycles. The van der Waals surface area contributed by atoms with Gasteiger partial charge in [0.2, 0.25) is 5.75 Å². The molecule has 2 aliphatic rings. The summed E-state index contributed by atoms with van der Waals surface area (Å²) in [5.41, 5.74) is 3.32. The smallest absolute Gasteiger partial charge is 0.303 e. The average Bonchev–Trinajstić information content (AvgIpc) is 3.41. The quantitative estimate of drug-likeness (QED) is 0.509. The van der Waals surface area contributed by atoms with Gasteiger partial charge in [0.05, 0.1) is 27.2 Å². The number of hydrogen-bond acceptors (Lipinski definition) is 5. The van der Waals surface area contributed by atoms with Crippen molar-refractivity contribution in [1.29, 1.82) is 0 Å². The normalized spacial score (nSPS) is 16.3. The van der Waals surface area contributed by atoms with Gasteiger partial charge in [0.15, 0.2) is 17.3 Å². The van der Waals surface area contributed by atoms with E-state index in [0.717, 1.165) is 41.5 Å². The molecule has 176 valence electrons. The summed E-state index contributed by atoms with van der Waals surface area (Å²) in [6, 6.07) is 9.64. The number of ether oxygens (including phenoxy) is 3. The zero-order chi connectivity index (χ0) is 23.8. The highest BCUT2D eigenvalue weighted by Gasteiger charge is 2.47. The number of carboxylic acids is 1. The second-order valence-electron chi connectivity index (χ2n) is 10.1. The lowest BCUT2D eigenvalue weighted by molar-refractivity contribution is -0.139. The molecule has 2 aromatic carbocycles. The summed E-state index contributed by atoms with van der Waals surface area (Å²) in [4.78, 5) is 23.6. The minimum Gasteiger partial charge on any atom is -0.493 e. The van der Waals surface area contributed by atoms with Crippen molar-refractivity contribution in [2.45, 2.75) is 52.4 Å². The Labute approximate surface area is 194 Å². The van der Waals surface area contributed by atoms with Crippen molar-refractivity contribution in [2.24, 2.45) is 10.8 Å². The predicted octanol–water partition coefficient (Wildman–Crippen LogP) is 5.55. The van der Waals surface area contributed by atoms with Crippen LogP contribution in [0.1, 0.15) is 61.9 Å². The molecule has 0 unspecified atom stereocenters. The summed E-state index contributed by atoms with van der Waals surface area (Å²) < 4.78 is 17.7. The molecule has 1 N–H and O–H groups in total. The second-order valence-corrected chi connectivity index (χ2v) is 10.1. The van der Waals surface area contributed by atoms with Crippen LogP contribution in [0.3, 0.4) is 0 Å². The van der Waals surface area contributed by atoms with E-state index < -0.39 is 5.97 Å². The third kappa shape index (κ3) is 4.70. The van der Waals surface area contributed by atoms with E-state index >= 15 is 0 Å². The lowest BCUT2D eigenvalue weighted by Gasteiger charge is -2.29. The third-order valence-electron chi connectivity index (χ3n) is 6.83. The lowest BCUT2D eigenvalue weighted by Crippen LogP contribution is -2.25. The number of rotatable bonds is 10. The number of carboxylic acid groups (broad SMARTS) is 1. The number of methoxy groups -OCH3 is 2. The maximum absolute atomic E-state index is 12.3. The minimum absolute atomic E-state index is 0.0427. The number of carbonyl (C=O) groups is 2. The van der Waals surface area contributed by atoms with Crippen LogP contribution in [0.15, 0.2) is 30.3 Å². The number of Topliss-reactive ketones (excluding diaryl/α,β-unsaturated/α-hetero) is 1. The van der Waals surface area contributed by atoms with Crippen molar-refractivity contribution in [1.82, 2.24) is 0 Å². The highest BCUT2D eigenvalue weighted by atomic mass is 16.5. The molecule has 1 saturated carbocycles. The number of aliphatic carboxylic acids is 1. The van der Waals surface area contributed by atoms with Crippen molar-refractivity contribution in [3.05, 3.63) is 41.5 Å². The van der Waals surface area contributed by atoms with Crippen LogP contribution in [-0.4, -0.2) is 37.7 Å². The molecule has 0 radical (unpaired) electrons. The fourth-order valence-electron chi connectivity index (χ4n) is 5.26. The third-order valence-corrected chi connectivity index (χ3v) is 6.83.